The first-order valence-corrected chi connectivity index (χ1v) is 4.39. The van der Waals surface area contributed by atoms with Gasteiger partial charge in [-0.25, -0.2) is 0 Å². The predicted molar refractivity (Wildman–Crippen MR) is 46.4 cm³/mol. The third kappa shape index (κ3) is 0.869. The molecule has 1 fully saturated rings. The summed E-state index contributed by atoms with van der Waals surface area (Å²) in [4.78, 5) is 11.1. The lowest BCUT2D eigenvalue weighted by Crippen LogP contribution is -2.20. The molecule has 3 heteroatoms. The summed E-state index contributed by atoms with van der Waals surface area (Å²) in [6.45, 7) is 0. The molecule has 0 saturated carbocycles. The van der Waals surface area contributed by atoms with E-state index in [0.29, 0.717) is 6.42 Å². The first kappa shape index (κ1) is 6.95. The lowest BCUT2D eigenvalue weighted by molar-refractivity contribution is -0.119. The highest BCUT2D eigenvalue weighted by Gasteiger charge is 2.41. The molecule has 2 aliphatic heterocycles. The van der Waals surface area contributed by atoms with E-state index in [1.165, 1.54) is 0 Å². The van der Waals surface area contributed by atoms with Crippen LogP contribution in [0.15, 0.2) is 24.3 Å². The van der Waals surface area contributed by atoms with E-state index >= 15 is 0 Å². The molecule has 2 heterocycles. The Kier molecular flexibility index (Phi) is 1.20. The second-order valence-electron chi connectivity index (χ2n) is 3.44. The Morgan fingerprint density at radius 2 is 2.23 bits per heavy atom. The molecule has 1 unspecified atom stereocenters. The number of fused-ring (bicyclic) bond motifs is 3. The highest BCUT2D eigenvalue weighted by Crippen LogP contribution is 2.40. The van der Waals surface area contributed by atoms with Gasteiger partial charge in [-0.15, -0.1) is 0 Å². The van der Waals surface area contributed by atoms with Crippen LogP contribution in [-0.4, -0.2) is 12.0 Å². The number of ether oxygens (including phenoxy) is 1. The average molecular weight is 175 g/mol. The predicted octanol–water partition coefficient (Wildman–Crippen LogP) is 1.01. The zero-order chi connectivity index (χ0) is 8.84. The summed E-state index contributed by atoms with van der Waals surface area (Å²) >= 11 is 0. The Balaban J connectivity index is 2.06. The van der Waals surface area contributed by atoms with Gasteiger partial charge in [-0.2, -0.15) is 0 Å². The van der Waals surface area contributed by atoms with Crippen molar-refractivity contribution < 1.29 is 9.53 Å². The standard InChI is InChI=1S/C10H9NO2/c12-9-5-8-10(11-9)6-3-1-2-4-7(6)13-8/h1-4,8,10H,5H2,(H,11,12)/t8-,10?/m1/s1. The number of hydrogen-bond acceptors (Lipinski definition) is 2. The summed E-state index contributed by atoms with van der Waals surface area (Å²) in [7, 11) is 0. The van der Waals surface area contributed by atoms with Crippen LogP contribution in [0.4, 0.5) is 0 Å². The molecular weight excluding hydrogens is 166 g/mol. The van der Waals surface area contributed by atoms with Crippen molar-refractivity contribution in [2.24, 2.45) is 0 Å². The van der Waals surface area contributed by atoms with Gasteiger partial charge in [-0.1, -0.05) is 18.2 Å². The summed E-state index contributed by atoms with van der Waals surface area (Å²) in [5.74, 6) is 1.00. The van der Waals surface area contributed by atoms with E-state index in [1.807, 2.05) is 24.3 Å². The zero-order valence-electron chi connectivity index (χ0n) is 6.99. The van der Waals surface area contributed by atoms with Gasteiger partial charge in [0.05, 0.1) is 12.5 Å². The Bertz CT molecular complexity index is 375. The number of carbonyl (C=O) groups excluding carboxylic acids is 1. The number of para-hydroxylation sites is 1. The SMILES string of the molecule is O=C1C[C@H]2Oc3ccccc3C2N1. The molecule has 1 saturated heterocycles. The van der Waals surface area contributed by atoms with Gasteiger partial charge >= 0.3 is 0 Å². The first-order chi connectivity index (χ1) is 6.34. The second kappa shape index (κ2) is 2.25. The molecule has 13 heavy (non-hydrogen) atoms. The molecule has 0 aromatic heterocycles. The summed E-state index contributed by atoms with van der Waals surface area (Å²) in [5, 5.41) is 2.91. The third-order valence-corrected chi connectivity index (χ3v) is 2.61. The minimum Gasteiger partial charge on any atom is -0.487 e. The highest BCUT2D eigenvalue weighted by molar-refractivity contribution is 5.80. The van der Waals surface area contributed by atoms with Crippen molar-refractivity contribution in [1.29, 1.82) is 0 Å². The van der Waals surface area contributed by atoms with Gasteiger partial charge in [0.25, 0.3) is 0 Å². The minimum atomic E-state index is 0.0184. The molecule has 3 nitrogen and oxygen atoms in total. The van der Waals surface area contributed by atoms with E-state index in [1.54, 1.807) is 0 Å². The summed E-state index contributed by atoms with van der Waals surface area (Å²) in [5.41, 5.74) is 1.11. The number of carbonyl (C=O) groups is 1. The van der Waals surface area contributed by atoms with Crippen molar-refractivity contribution in [3.63, 3.8) is 0 Å². The maximum Gasteiger partial charge on any atom is 0.224 e. The van der Waals surface area contributed by atoms with Crippen molar-refractivity contribution in [3.8, 4) is 5.75 Å². The molecule has 2 atom stereocenters. The first-order valence-electron chi connectivity index (χ1n) is 4.39. The van der Waals surface area contributed by atoms with E-state index in [2.05, 4.69) is 5.32 Å². The topological polar surface area (TPSA) is 38.3 Å². The molecular formula is C10H9NO2. The zero-order valence-corrected chi connectivity index (χ0v) is 6.99. The molecule has 0 bridgehead atoms. The summed E-state index contributed by atoms with van der Waals surface area (Å²) in [6, 6.07) is 7.95. The van der Waals surface area contributed by atoms with Gasteiger partial charge in [-0.3, -0.25) is 4.79 Å². The molecule has 1 aromatic carbocycles. The van der Waals surface area contributed by atoms with E-state index in [0.717, 1.165) is 11.3 Å². The van der Waals surface area contributed by atoms with Crippen molar-refractivity contribution in [1.82, 2.24) is 5.32 Å². The van der Waals surface area contributed by atoms with Crippen LogP contribution >= 0.6 is 0 Å². The van der Waals surface area contributed by atoms with Crippen LogP contribution in [0.2, 0.25) is 0 Å². The smallest absolute Gasteiger partial charge is 0.224 e. The largest absolute Gasteiger partial charge is 0.487 e. The lowest BCUT2D eigenvalue weighted by atomic mass is 10.1. The highest BCUT2D eigenvalue weighted by atomic mass is 16.5. The summed E-state index contributed by atoms with van der Waals surface area (Å²) in [6.07, 6.45) is 0.504. The number of hydrogen-bond donors (Lipinski definition) is 1. The van der Waals surface area contributed by atoms with E-state index in [9.17, 15) is 4.79 Å². The number of nitrogens with one attached hydrogen (secondary N) is 1. The average Bonchev–Trinajstić information content (AvgIpc) is 2.60. The number of benzene rings is 1. The monoisotopic (exact) mass is 175 g/mol. The van der Waals surface area contributed by atoms with E-state index < -0.39 is 0 Å². The van der Waals surface area contributed by atoms with Crippen molar-refractivity contribution >= 4 is 5.91 Å². The van der Waals surface area contributed by atoms with E-state index in [-0.39, 0.29) is 18.1 Å². The van der Waals surface area contributed by atoms with Gasteiger partial charge in [0.1, 0.15) is 11.9 Å². The molecule has 66 valence electrons. The van der Waals surface area contributed by atoms with Gasteiger partial charge in [-0.05, 0) is 6.07 Å². The Morgan fingerprint density at radius 3 is 3.15 bits per heavy atom. The summed E-state index contributed by atoms with van der Waals surface area (Å²) < 4.78 is 5.62. The van der Waals surface area contributed by atoms with Crippen molar-refractivity contribution in [3.05, 3.63) is 29.8 Å². The van der Waals surface area contributed by atoms with Crippen LogP contribution in [0.25, 0.3) is 0 Å². The fourth-order valence-electron chi connectivity index (χ4n) is 2.02. The molecule has 1 aromatic rings. The van der Waals surface area contributed by atoms with Gasteiger partial charge < -0.3 is 10.1 Å². The third-order valence-electron chi connectivity index (χ3n) is 2.61. The second-order valence-corrected chi connectivity index (χ2v) is 3.44. The lowest BCUT2D eigenvalue weighted by Gasteiger charge is -2.05. The van der Waals surface area contributed by atoms with Crippen LogP contribution in [0.3, 0.4) is 0 Å². The maximum absolute atomic E-state index is 11.1. The van der Waals surface area contributed by atoms with Crippen molar-refractivity contribution in [2.45, 2.75) is 18.6 Å². The van der Waals surface area contributed by atoms with E-state index in [4.69, 9.17) is 4.74 Å². The van der Waals surface area contributed by atoms with Crippen LogP contribution < -0.4 is 10.1 Å². The van der Waals surface area contributed by atoms with Gasteiger partial charge in [0.2, 0.25) is 5.91 Å². The minimum absolute atomic E-state index is 0.0184. The molecule has 3 rings (SSSR count). The fourth-order valence-corrected chi connectivity index (χ4v) is 2.02. The molecule has 0 spiro atoms. The molecule has 1 amide bonds. The normalized spacial score (nSPS) is 29.1. The quantitative estimate of drug-likeness (QED) is 0.639. The fraction of sp³-hybridized carbons (Fsp3) is 0.300. The van der Waals surface area contributed by atoms with Crippen molar-refractivity contribution in [2.75, 3.05) is 0 Å². The molecule has 0 radical (unpaired) electrons. The number of amides is 1. The van der Waals surface area contributed by atoms with Crippen LogP contribution in [0, 0.1) is 0 Å². The molecule has 1 N–H and O–H groups in total. The van der Waals surface area contributed by atoms with Crippen LogP contribution in [-0.2, 0) is 4.79 Å². The van der Waals surface area contributed by atoms with Crippen LogP contribution in [0.1, 0.15) is 18.0 Å². The Morgan fingerprint density at radius 1 is 1.38 bits per heavy atom. The molecule has 2 aliphatic rings. The van der Waals surface area contributed by atoms with Crippen LogP contribution in [0.5, 0.6) is 5.75 Å². The number of rotatable bonds is 0. The van der Waals surface area contributed by atoms with Gasteiger partial charge in [0, 0.05) is 5.56 Å². The Labute approximate surface area is 75.7 Å². The molecule has 0 aliphatic carbocycles. The maximum atomic E-state index is 11.1. The van der Waals surface area contributed by atoms with Gasteiger partial charge in [0.15, 0.2) is 0 Å². The Hall–Kier alpha value is -1.51.